The van der Waals surface area contributed by atoms with Crippen LogP contribution in [0.3, 0.4) is 0 Å². The van der Waals surface area contributed by atoms with Gasteiger partial charge in [-0.1, -0.05) is 31.2 Å². The Morgan fingerprint density at radius 1 is 1.10 bits per heavy atom. The number of hydrogen-bond donors (Lipinski definition) is 1. The Hall–Kier alpha value is -3.12. The van der Waals surface area contributed by atoms with Gasteiger partial charge in [0.15, 0.2) is 0 Å². The van der Waals surface area contributed by atoms with Gasteiger partial charge in [0.1, 0.15) is 11.2 Å². The molecule has 4 rings (SSSR count). The van der Waals surface area contributed by atoms with Crippen molar-refractivity contribution in [2.45, 2.75) is 18.7 Å². The van der Waals surface area contributed by atoms with Gasteiger partial charge < -0.3 is 5.32 Å². The molecule has 1 N–H and O–H groups in total. The van der Waals surface area contributed by atoms with Crippen molar-refractivity contribution in [1.29, 1.82) is 0 Å². The van der Waals surface area contributed by atoms with Crippen LogP contribution in [-0.4, -0.2) is 17.6 Å². The quantitative estimate of drug-likeness (QED) is 0.600. The van der Waals surface area contributed by atoms with Crippen LogP contribution < -0.4 is 10.2 Å². The first-order valence-corrected chi connectivity index (χ1v) is 10.8. The van der Waals surface area contributed by atoms with Gasteiger partial charge in [0.25, 0.3) is 5.91 Å². The molecule has 1 aliphatic rings. The average Bonchev–Trinajstić information content (AvgIpc) is 3.16. The molecular formula is C24H21FN2O2S. The maximum atomic E-state index is 13.0. The highest BCUT2D eigenvalue weighted by molar-refractivity contribution is 8.00. The molecule has 0 saturated carbocycles. The van der Waals surface area contributed by atoms with Crippen LogP contribution in [0.25, 0.3) is 0 Å². The van der Waals surface area contributed by atoms with E-state index in [1.165, 1.54) is 29.8 Å². The second kappa shape index (κ2) is 8.71. The maximum Gasteiger partial charge on any atom is 0.255 e. The van der Waals surface area contributed by atoms with E-state index in [4.69, 9.17) is 0 Å². The highest BCUT2D eigenvalue weighted by Gasteiger charge is 2.34. The lowest BCUT2D eigenvalue weighted by molar-refractivity contribution is -0.115. The first kappa shape index (κ1) is 20.2. The number of rotatable bonds is 5. The number of carbonyl (C=O) groups is 2. The fraction of sp³-hybridized carbons (Fsp3) is 0.167. The largest absolute Gasteiger partial charge is 0.322 e. The van der Waals surface area contributed by atoms with E-state index in [1.807, 2.05) is 41.3 Å². The number of nitrogens with zero attached hydrogens (tertiary/aromatic N) is 1. The normalized spacial score (nSPS) is 16.0. The summed E-state index contributed by atoms with van der Waals surface area (Å²) in [6.07, 6.45) is 0.913. The molecular weight excluding hydrogens is 399 g/mol. The molecule has 1 fully saturated rings. The fourth-order valence-electron chi connectivity index (χ4n) is 3.41. The monoisotopic (exact) mass is 420 g/mol. The zero-order valence-electron chi connectivity index (χ0n) is 16.5. The number of aryl methyl sites for hydroxylation is 1. The zero-order valence-corrected chi connectivity index (χ0v) is 17.3. The summed E-state index contributed by atoms with van der Waals surface area (Å²) in [4.78, 5) is 26.7. The summed E-state index contributed by atoms with van der Waals surface area (Å²) in [7, 11) is 0. The van der Waals surface area contributed by atoms with Crippen LogP contribution in [0.15, 0.2) is 72.8 Å². The van der Waals surface area contributed by atoms with Crippen LogP contribution in [-0.2, 0) is 11.2 Å². The first-order chi connectivity index (χ1) is 14.5. The Morgan fingerprint density at radius 3 is 2.53 bits per heavy atom. The second-order valence-corrected chi connectivity index (χ2v) is 8.10. The summed E-state index contributed by atoms with van der Waals surface area (Å²) in [5, 5.41) is 2.71. The molecule has 1 aliphatic heterocycles. The minimum Gasteiger partial charge on any atom is -0.322 e. The molecule has 1 saturated heterocycles. The van der Waals surface area contributed by atoms with Gasteiger partial charge >= 0.3 is 0 Å². The number of halogens is 1. The van der Waals surface area contributed by atoms with Gasteiger partial charge in [-0.25, -0.2) is 4.39 Å². The minimum atomic E-state index is -0.381. The standard InChI is InChI=1S/C24H21FN2O2S/c1-2-16-4-3-5-21(14-16)27-22(28)15-30-24(27)18-8-12-20(13-9-18)26-23(29)17-6-10-19(25)11-7-17/h3-14,24H,2,15H2,1H3,(H,26,29)/t24-/m1/s1. The third-order valence-corrected chi connectivity index (χ3v) is 6.24. The molecule has 6 heteroatoms. The lowest BCUT2D eigenvalue weighted by Gasteiger charge is -2.25. The predicted octanol–water partition coefficient (Wildman–Crippen LogP) is 5.42. The van der Waals surface area contributed by atoms with Crippen LogP contribution in [0.1, 0.15) is 33.8 Å². The maximum absolute atomic E-state index is 13.0. The van der Waals surface area contributed by atoms with Gasteiger partial charge in [-0.3, -0.25) is 14.5 Å². The van der Waals surface area contributed by atoms with Crippen LogP contribution in [0, 0.1) is 5.82 Å². The molecule has 3 aromatic carbocycles. The van der Waals surface area contributed by atoms with E-state index >= 15 is 0 Å². The van der Waals surface area contributed by atoms with Crippen molar-refractivity contribution in [1.82, 2.24) is 0 Å². The molecule has 0 unspecified atom stereocenters. The molecule has 152 valence electrons. The molecule has 30 heavy (non-hydrogen) atoms. The Labute approximate surface area is 179 Å². The zero-order chi connectivity index (χ0) is 21.1. The summed E-state index contributed by atoms with van der Waals surface area (Å²) in [5.41, 5.74) is 4.12. The minimum absolute atomic E-state index is 0.0898. The van der Waals surface area contributed by atoms with E-state index in [-0.39, 0.29) is 23.0 Å². The van der Waals surface area contributed by atoms with Crippen molar-refractivity contribution in [3.8, 4) is 0 Å². The SMILES string of the molecule is CCc1cccc(N2C(=O)CS[C@@H]2c2ccc(NC(=O)c3ccc(F)cc3)cc2)c1. The third kappa shape index (κ3) is 4.24. The Kier molecular flexibility index (Phi) is 5.86. The van der Waals surface area contributed by atoms with Gasteiger partial charge in [-0.2, -0.15) is 0 Å². The number of carbonyl (C=O) groups excluding carboxylic acids is 2. The highest BCUT2D eigenvalue weighted by atomic mass is 32.2. The van der Waals surface area contributed by atoms with E-state index in [1.54, 1.807) is 11.8 Å². The molecule has 1 heterocycles. The predicted molar refractivity (Wildman–Crippen MR) is 119 cm³/mol. The number of thioether (sulfide) groups is 1. The van der Waals surface area contributed by atoms with Crippen LogP contribution in [0.4, 0.5) is 15.8 Å². The van der Waals surface area contributed by atoms with E-state index in [0.29, 0.717) is 17.0 Å². The Balaban J connectivity index is 1.51. The van der Waals surface area contributed by atoms with E-state index < -0.39 is 0 Å². The van der Waals surface area contributed by atoms with Crippen LogP contribution in [0.5, 0.6) is 0 Å². The summed E-state index contributed by atoms with van der Waals surface area (Å²) < 4.78 is 13.0. The number of anilines is 2. The topological polar surface area (TPSA) is 49.4 Å². The number of nitrogens with one attached hydrogen (secondary N) is 1. The molecule has 2 amide bonds. The van der Waals surface area contributed by atoms with E-state index in [9.17, 15) is 14.0 Å². The highest BCUT2D eigenvalue weighted by Crippen LogP contribution is 2.42. The average molecular weight is 421 g/mol. The van der Waals surface area contributed by atoms with Crippen LogP contribution >= 0.6 is 11.8 Å². The summed E-state index contributed by atoms with van der Waals surface area (Å²) >= 11 is 1.59. The van der Waals surface area contributed by atoms with Crippen molar-refractivity contribution in [3.63, 3.8) is 0 Å². The smallest absolute Gasteiger partial charge is 0.255 e. The van der Waals surface area contributed by atoms with Gasteiger partial charge in [0, 0.05) is 16.9 Å². The number of amides is 2. The molecule has 0 bridgehead atoms. The summed E-state index contributed by atoms with van der Waals surface area (Å²) in [6.45, 7) is 2.09. The lowest BCUT2D eigenvalue weighted by Crippen LogP contribution is -2.27. The molecule has 0 spiro atoms. The fourth-order valence-corrected chi connectivity index (χ4v) is 4.59. The summed E-state index contributed by atoms with van der Waals surface area (Å²) in [5.74, 6) is -0.156. The van der Waals surface area contributed by atoms with Gasteiger partial charge in [0.05, 0.1) is 5.75 Å². The van der Waals surface area contributed by atoms with Gasteiger partial charge in [-0.15, -0.1) is 11.8 Å². The van der Waals surface area contributed by atoms with Crippen molar-refractivity contribution in [2.24, 2.45) is 0 Å². The molecule has 0 radical (unpaired) electrons. The van der Waals surface area contributed by atoms with Gasteiger partial charge in [0.2, 0.25) is 5.91 Å². The second-order valence-electron chi connectivity index (χ2n) is 7.03. The van der Waals surface area contributed by atoms with Crippen molar-refractivity contribution in [3.05, 3.63) is 95.3 Å². The van der Waals surface area contributed by atoms with E-state index in [0.717, 1.165) is 17.7 Å². The van der Waals surface area contributed by atoms with Crippen molar-refractivity contribution < 1.29 is 14.0 Å². The summed E-state index contributed by atoms with van der Waals surface area (Å²) in [6, 6.07) is 21.0. The van der Waals surface area contributed by atoms with Gasteiger partial charge in [-0.05, 0) is 66.1 Å². The third-order valence-electron chi connectivity index (χ3n) is 5.02. The number of hydrogen-bond acceptors (Lipinski definition) is 3. The van der Waals surface area contributed by atoms with Crippen LogP contribution in [0.2, 0.25) is 0 Å². The van der Waals surface area contributed by atoms with Crippen molar-refractivity contribution in [2.75, 3.05) is 16.0 Å². The van der Waals surface area contributed by atoms with E-state index in [2.05, 4.69) is 24.4 Å². The molecule has 3 aromatic rings. The van der Waals surface area contributed by atoms with Crippen molar-refractivity contribution >= 4 is 35.0 Å². The lowest BCUT2D eigenvalue weighted by atomic mass is 10.1. The molecule has 1 atom stereocenters. The Bertz CT molecular complexity index is 1070. The first-order valence-electron chi connectivity index (χ1n) is 9.74. The molecule has 4 nitrogen and oxygen atoms in total. The Morgan fingerprint density at radius 2 is 1.83 bits per heavy atom. The molecule has 0 aromatic heterocycles. The number of benzene rings is 3. The molecule has 0 aliphatic carbocycles.